The number of nitrogens with zero attached hydrogens (tertiary/aromatic N) is 3. The molecular weight excluding hydrogens is 1110 g/mol. The van der Waals surface area contributed by atoms with Crippen LogP contribution in [0.1, 0.15) is 214 Å². The third kappa shape index (κ3) is 9.98. The SMILES string of the molecule is Cc1cc(C(C)(C)C)ccc1N(c1ccc(C(C)(C)C)cc1)c1cc2c3c(c1)N(c1ccc(C(C)(C)C)cc1-c1ccccc1)c1cc4oc5c(C(C)(C)C)cccc5c4cc1B3c1cc3c(cc1N2c1ccc2c(c1)C(C)(C)CCC2(C)C)C(C)(C)CCC3(C)C. The number of fused-ring (bicyclic) bond motifs is 9. The Morgan fingerprint density at radius 3 is 1.57 bits per heavy atom. The van der Waals surface area contributed by atoms with Crippen LogP contribution in [-0.4, -0.2) is 6.71 Å². The highest BCUT2D eigenvalue weighted by Crippen LogP contribution is 2.56. The Hall–Kier alpha value is -7.76. The highest BCUT2D eigenvalue weighted by atomic mass is 16.3. The van der Waals surface area contributed by atoms with Crippen molar-refractivity contribution in [1.82, 2.24) is 0 Å². The highest BCUT2D eigenvalue weighted by molar-refractivity contribution is 7.00. The van der Waals surface area contributed by atoms with Crippen LogP contribution in [0.15, 0.2) is 168 Å². The lowest BCUT2D eigenvalue weighted by atomic mass is 9.33. The molecule has 92 heavy (non-hydrogen) atoms. The lowest BCUT2D eigenvalue weighted by molar-refractivity contribution is 0.332. The number of anilines is 9. The molecule has 9 aromatic carbocycles. The molecule has 0 saturated heterocycles. The van der Waals surface area contributed by atoms with Crippen LogP contribution in [0.25, 0.3) is 33.1 Å². The molecule has 0 spiro atoms. The van der Waals surface area contributed by atoms with Crippen LogP contribution < -0.4 is 31.1 Å². The van der Waals surface area contributed by atoms with E-state index in [4.69, 9.17) is 4.42 Å². The molecule has 0 saturated carbocycles. The third-order valence-electron chi connectivity index (χ3n) is 22.3. The van der Waals surface area contributed by atoms with Gasteiger partial charge in [-0.2, -0.15) is 0 Å². The molecule has 2 aliphatic heterocycles. The molecule has 10 aromatic rings. The Balaban J connectivity index is 1.19. The lowest BCUT2D eigenvalue weighted by Crippen LogP contribution is -2.62. The van der Waals surface area contributed by atoms with Gasteiger partial charge in [0.2, 0.25) is 0 Å². The Morgan fingerprint density at radius 2 is 0.957 bits per heavy atom. The number of para-hydroxylation sites is 1. The van der Waals surface area contributed by atoms with Gasteiger partial charge in [0.05, 0.1) is 11.4 Å². The van der Waals surface area contributed by atoms with Gasteiger partial charge in [0.1, 0.15) is 11.2 Å². The lowest BCUT2D eigenvalue weighted by Gasteiger charge is -2.48. The van der Waals surface area contributed by atoms with Crippen molar-refractivity contribution in [2.45, 2.75) is 214 Å². The Kier molecular flexibility index (Phi) is 13.8. The molecule has 0 N–H and O–H groups in total. The van der Waals surface area contributed by atoms with Gasteiger partial charge in [-0.05, 0) is 203 Å². The van der Waals surface area contributed by atoms with Gasteiger partial charge in [0, 0.05) is 67.8 Å². The summed E-state index contributed by atoms with van der Waals surface area (Å²) in [5.41, 5.74) is 30.5. The molecule has 1 aromatic heterocycles. The molecule has 3 heterocycles. The fourth-order valence-electron chi connectivity index (χ4n) is 16.3. The summed E-state index contributed by atoms with van der Waals surface area (Å²) >= 11 is 0. The fourth-order valence-corrected chi connectivity index (χ4v) is 16.3. The first-order chi connectivity index (χ1) is 43.0. The standard InChI is InChI=1S/C87H98BN3O/c1-53-44-56(81(5,6)7)32-38-71(53)89(58-34-30-55(31-35-58)80(2,3)4)60-47-75-78-76(48-60)91(72-39-33-57(82(8,9)10)45-62(72)54-26-23-22-24-27-54)74-52-77-63(61-28-25-29-65(79(61)92-77)83(11,12)13)49-69(74)88(78)70-50-67-68(87(20,21)43-42-86(67,18)19)51-73(70)90(75)59-36-37-64-66(46-59)85(16,17)41-40-84(64,14)15/h22-39,44-52H,40-43H2,1-21H3. The number of hydrogen-bond acceptors (Lipinski definition) is 4. The summed E-state index contributed by atoms with van der Waals surface area (Å²) in [5.74, 6) is 0. The number of furan rings is 1. The van der Waals surface area contributed by atoms with E-state index < -0.39 is 0 Å². The zero-order valence-electron chi connectivity index (χ0n) is 59.2. The maximum Gasteiger partial charge on any atom is 0.252 e. The van der Waals surface area contributed by atoms with Crippen molar-refractivity contribution in [3.05, 3.63) is 214 Å². The smallest absolute Gasteiger partial charge is 0.252 e. The molecule has 0 atom stereocenters. The van der Waals surface area contributed by atoms with Crippen molar-refractivity contribution < 1.29 is 4.42 Å². The summed E-state index contributed by atoms with van der Waals surface area (Å²) in [6.07, 6.45) is 4.53. The van der Waals surface area contributed by atoms with Gasteiger partial charge in [0.15, 0.2) is 0 Å². The van der Waals surface area contributed by atoms with Gasteiger partial charge in [0.25, 0.3) is 6.71 Å². The summed E-state index contributed by atoms with van der Waals surface area (Å²) < 4.78 is 7.39. The molecule has 4 aliphatic rings. The van der Waals surface area contributed by atoms with Crippen molar-refractivity contribution in [3.63, 3.8) is 0 Å². The average Bonchev–Trinajstić information content (AvgIpc) is 0.838. The van der Waals surface area contributed by atoms with E-state index in [1.807, 2.05) is 0 Å². The maximum atomic E-state index is 7.39. The van der Waals surface area contributed by atoms with E-state index in [0.29, 0.717) is 0 Å². The average molecular weight is 1210 g/mol. The van der Waals surface area contributed by atoms with Crippen LogP contribution in [-0.2, 0) is 43.3 Å². The second-order valence-corrected chi connectivity index (χ2v) is 34.9. The summed E-state index contributed by atoms with van der Waals surface area (Å²) in [6, 6.07) is 65.1. The minimum atomic E-state index is -0.160. The van der Waals surface area contributed by atoms with E-state index in [2.05, 4.69) is 324 Å². The monoisotopic (exact) mass is 1210 g/mol. The Bertz CT molecular complexity index is 4640. The van der Waals surface area contributed by atoms with Crippen LogP contribution in [0.5, 0.6) is 0 Å². The molecule has 0 unspecified atom stereocenters. The van der Waals surface area contributed by atoms with E-state index in [1.54, 1.807) is 0 Å². The van der Waals surface area contributed by atoms with Crippen LogP contribution in [0, 0.1) is 6.92 Å². The van der Waals surface area contributed by atoms with Crippen molar-refractivity contribution >= 4 is 96.2 Å². The summed E-state index contributed by atoms with van der Waals surface area (Å²) in [4.78, 5) is 7.99. The van der Waals surface area contributed by atoms with Crippen LogP contribution in [0.2, 0.25) is 0 Å². The highest BCUT2D eigenvalue weighted by Gasteiger charge is 2.49. The predicted octanol–water partition coefficient (Wildman–Crippen LogP) is 23.0. The zero-order valence-corrected chi connectivity index (χ0v) is 59.2. The van der Waals surface area contributed by atoms with E-state index in [0.717, 1.165) is 81.7 Å². The maximum absolute atomic E-state index is 7.39. The largest absolute Gasteiger partial charge is 0.456 e. The molecule has 14 rings (SSSR count). The first-order valence-corrected chi connectivity index (χ1v) is 34.4. The topological polar surface area (TPSA) is 22.9 Å². The molecule has 4 nitrogen and oxygen atoms in total. The van der Waals surface area contributed by atoms with E-state index >= 15 is 0 Å². The van der Waals surface area contributed by atoms with E-state index in [1.165, 1.54) is 94.6 Å². The number of aryl methyl sites for hydroxylation is 1. The molecule has 5 heteroatoms. The molecular formula is C87H98BN3O. The number of rotatable bonds is 6. The van der Waals surface area contributed by atoms with Gasteiger partial charge >= 0.3 is 0 Å². The minimum absolute atomic E-state index is 0.0215. The third-order valence-corrected chi connectivity index (χ3v) is 22.3. The second-order valence-electron chi connectivity index (χ2n) is 34.9. The van der Waals surface area contributed by atoms with Crippen LogP contribution >= 0.6 is 0 Å². The molecule has 0 fully saturated rings. The summed E-state index contributed by atoms with van der Waals surface area (Å²) in [6.45, 7) is 50.0. The first kappa shape index (κ1) is 61.7. The van der Waals surface area contributed by atoms with E-state index in [-0.39, 0.29) is 50.0 Å². The van der Waals surface area contributed by atoms with Gasteiger partial charge in [-0.3, -0.25) is 0 Å². The van der Waals surface area contributed by atoms with Gasteiger partial charge in [-0.1, -0.05) is 236 Å². The first-order valence-electron chi connectivity index (χ1n) is 34.4. The minimum Gasteiger partial charge on any atom is -0.456 e. The van der Waals surface area contributed by atoms with Gasteiger partial charge in [-0.25, -0.2) is 0 Å². The van der Waals surface area contributed by atoms with E-state index in [9.17, 15) is 0 Å². The van der Waals surface area contributed by atoms with Crippen molar-refractivity contribution in [2.24, 2.45) is 0 Å². The molecule has 0 bridgehead atoms. The number of benzene rings is 9. The van der Waals surface area contributed by atoms with Crippen LogP contribution in [0.4, 0.5) is 51.2 Å². The van der Waals surface area contributed by atoms with Crippen molar-refractivity contribution in [1.29, 1.82) is 0 Å². The zero-order chi connectivity index (χ0) is 65.5. The van der Waals surface area contributed by atoms with Crippen molar-refractivity contribution in [3.8, 4) is 11.1 Å². The quantitative estimate of drug-likeness (QED) is 0.155. The fraction of sp³-hybridized carbons (Fsp3) is 0.379. The molecule has 470 valence electrons. The Labute approximate surface area is 551 Å². The predicted molar refractivity (Wildman–Crippen MR) is 398 cm³/mol. The normalized spacial score (nSPS) is 17.1. The van der Waals surface area contributed by atoms with Gasteiger partial charge in [-0.15, -0.1) is 0 Å². The van der Waals surface area contributed by atoms with Crippen LogP contribution in [0.3, 0.4) is 0 Å². The summed E-state index contributed by atoms with van der Waals surface area (Å²) in [5, 5.41) is 2.31. The van der Waals surface area contributed by atoms with Crippen molar-refractivity contribution in [2.75, 3.05) is 14.7 Å². The summed E-state index contributed by atoms with van der Waals surface area (Å²) in [7, 11) is 0. The molecule has 0 amide bonds. The second kappa shape index (κ2) is 20.6. The Morgan fingerprint density at radius 1 is 0.413 bits per heavy atom. The number of hydrogen-bond donors (Lipinski definition) is 0. The molecule has 0 radical (unpaired) electrons. The molecule has 2 aliphatic carbocycles. The van der Waals surface area contributed by atoms with Gasteiger partial charge < -0.3 is 19.1 Å².